The van der Waals surface area contributed by atoms with E-state index in [1.807, 2.05) is 0 Å². The molecule has 0 aromatic heterocycles. The molecule has 2 N–H and O–H groups in total. The molecule has 1 atom stereocenters. The summed E-state index contributed by atoms with van der Waals surface area (Å²) < 4.78 is 10.4. The molecule has 0 aliphatic carbocycles. The number of aliphatic hydroxyl groups excluding tert-OH is 1. The zero-order valence-corrected chi connectivity index (χ0v) is 13.8. The number of anilines is 1. The normalized spacial score (nSPS) is 11.7. The molecule has 0 saturated carbocycles. The topological polar surface area (TPSA) is 93.9 Å². The van der Waals surface area contributed by atoms with Crippen LogP contribution in [0.1, 0.15) is 17.2 Å². The zero-order chi connectivity index (χ0) is 17.7. The van der Waals surface area contributed by atoms with Crippen molar-refractivity contribution in [1.29, 1.82) is 0 Å². The molecule has 7 heteroatoms. The summed E-state index contributed by atoms with van der Waals surface area (Å²) in [5.74, 6) is 1.13. The third kappa shape index (κ3) is 3.94. The lowest BCUT2D eigenvalue weighted by atomic mass is 10.1. The van der Waals surface area contributed by atoms with Crippen LogP contribution in [0.2, 0.25) is 0 Å². The van der Waals surface area contributed by atoms with Crippen LogP contribution in [0.5, 0.6) is 11.5 Å². The fraction of sp³-hybridized carbons (Fsp3) is 0.294. The van der Waals surface area contributed by atoms with E-state index in [1.54, 1.807) is 38.3 Å². The van der Waals surface area contributed by atoms with Crippen molar-refractivity contribution < 1.29 is 19.5 Å². The van der Waals surface area contributed by atoms with E-state index in [4.69, 9.17) is 9.47 Å². The predicted molar refractivity (Wildman–Crippen MR) is 90.8 cm³/mol. The monoisotopic (exact) mass is 332 g/mol. The van der Waals surface area contributed by atoms with E-state index >= 15 is 0 Å². The molecule has 0 aliphatic heterocycles. The smallest absolute Gasteiger partial charge is 0.269 e. The minimum absolute atomic E-state index is 0.0403. The summed E-state index contributed by atoms with van der Waals surface area (Å²) in [4.78, 5) is 10.3. The number of non-ortho nitro benzene ring substituents is 1. The quantitative estimate of drug-likeness (QED) is 0.598. The molecule has 0 amide bonds. The average molecular weight is 332 g/mol. The highest BCUT2D eigenvalue weighted by Crippen LogP contribution is 2.30. The van der Waals surface area contributed by atoms with Crippen molar-refractivity contribution >= 4 is 11.4 Å². The van der Waals surface area contributed by atoms with Crippen LogP contribution in [-0.2, 0) is 0 Å². The zero-order valence-electron chi connectivity index (χ0n) is 13.8. The van der Waals surface area contributed by atoms with Crippen LogP contribution in [0, 0.1) is 17.0 Å². The van der Waals surface area contributed by atoms with Gasteiger partial charge in [0.1, 0.15) is 0 Å². The number of hydrogen-bond acceptors (Lipinski definition) is 6. The van der Waals surface area contributed by atoms with Gasteiger partial charge in [-0.2, -0.15) is 0 Å². The molecule has 0 heterocycles. The van der Waals surface area contributed by atoms with Crippen molar-refractivity contribution in [3.05, 3.63) is 57.6 Å². The molecule has 1 unspecified atom stereocenters. The van der Waals surface area contributed by atoms with Crippen LogP contribution >= 0.6 is 0 Å². The van der Waals surface area contributed by atoms with Crippen molar-refractivity contribution in [3.63, 3.8) is 0 Å². The molecule has 2 aromatic carbocycles. The van der Waals surface area contributed by atoms with E-state index in [-0.39, 0.29) is 12.2 Å². The highest BCUT2D eigenvalue weighted by atomic mass is 16.6. The van der Waals surface area contributed by atoms with Crippen LogP contribution in [0.25, 0.3) is 0 Å². The Morgan fingerprint density at radius 2 is 1.88 bits per heavy atom. The van der Waals surface area contributed by atoms with E-state index < -0.39 is 11.0 Å². The molecule has 0 saturated heterocycles. The van der Waals surface area contributed by atoms with Crippen molar-refractivity contribution in [3.8, 4) is 11.5 Å². The van der Waals surface area contributed by atoms with Crippen molar-refractivity contribution in [2.24, 2.45) is 0 Å². The summed E-state index contributed by atoms with van der Waals surface area (Å²) in [6.45, 7) is 2.03. The van der Waals surface area contributed by atoms with Gasteiger partial charge in [-0.1, -0.05) is 6.07 Å². The van der Waals surface area contributed by atoms with E-state index in [1.165, 1.54) is 19.2 Å². The summed E-state index contributed by atoms with van der Waals surface area (Å²) >= 11 is 0. The number of aryl methyl sites for hydroxylation is 1. The van der Waals surface area contributed by atoms with Gasteiger partial charge in [-0.15, -0.1) is 0 Å². The van der Waals surface area contributed by atoms with Gasteiger partial charge in [0, 0.05) is 24.4 Å². The molecule has 0 bridgehead atoms. The highest BCUT2D eigenvalue weighted by Gasteiger charge is 2.13. The molecule has 7 nitrogen and oxygen atoms in total. The Hall–Kier alpha value is -2.80. The first-order chi connectivity index (χ1) is 11.5. The lowest BCUT2D eigenvalue weighted by Gasteiger charge is -2.16. The number of hydrogen-bond donors (Lipinski definition) is 2. The van der Waals surface area contributed by atoms with E-state index in [2.05, 4.69) is 5.32 Å². The fourth-order valence-corrected chi connectivity index (χ4v) is 2.34. The van der Waals surface area contributed by atoms with Gasteiger partial charge in [-0.25, -0.2) is 0 Å². The molecule has 2 aromatic rings. The number of rotatable bonds is 7. The minimum Gasteiger partial charge on any atom is -0.493 e. The third-order valence-corrected chi connectivity index (χ3v) is 3.70. The van der Waals surface area contributed by atoms with Gasteiger partial charge in [-0.05, 0) is 36.2 Å². The van der Waals surface area contributed by atoms with Gasteiger partial charge in [-0.3, -0.25) is 10.1 Å². The Kier molecular flexibility index (Phi) is 5.59. The Morgan fingerprint density at radius 1 is 1.17 bits per heavy atom. The second kappa shape index (κ2) is 7.65. The number of nitrogens with one attached hydrogen (secondary N) is 1. The lowest BCUT2D eigenvalue weighted by molar-refractivity contribution is -0.384. The average Bonchev–Trinajstić information content (AvgIpc) is 2.59. The van der Waals surface area contributed by atoms with Crippen molar-refractivity contribution in [2.75, 3.05) is 26.1 Å². The molecule has 2 rings (SSSR count). The number of nitrogens with zero attached hydrogens (tertiary/aromatic N) is 1. The number of nitro groups is 1. The summed E-state index contributed by atoms with van der Waals surface area (Å²) in [5, 5.41) is 24.2. The number of nitro benzene ring substituents is 1. The first-order valence-electron chi connectivity index (χ1n) is 7.35. The molecule has 128 valence electrons. The summed E-state index contributed by atoms with van der Waals surface area (Å²) in [7, 11) is 3.08. The predicted octanol–water partition coefficient (Wildman–Crippen LogP) is 3.07. The molecule has 0 fully saturated rings. The van der Waals surface area contributed by atoms with Crippen LogP contribution in [-0.4, -0.2) is 30.8 Å². The lowest BCUT2D eigenvalue weighted by Crippen LogP contribution is -2.13. The largest absolute Gasteiger partial charge is 0.493 e. The van der Waals surface area contributed by atoms with Crippen molar-refractivity contribution in [2.45, 2.75) is 13.0 Å². The standard InChI is InChI=1S/C17H20N2O5/c1-11-8-13(19(21)22)5-6-14(11)18-10-15(20)12-4-7-16(23-2)17(9-12)24-3/h4-9,15,18,20H,10H2,1-3H3. The second-order valence-corrected chi connectivity index (χ2v) is 5.27. The number of aliphatic hydroxyl groups is 1. The summed E-state index contributed by atoms with van der Waals surface area (Å²) in [6.07, 6.45) is -0.764. The maximum absolute atomic E-state index is 10.8. The molecule has 0 spiro atoms. The molecular weight excluding hydrogens is 312 g/mol. The van der Waals surface area contributed by atoms with Gasteiger partial charge >= 0.3 is 0 Å². The Balaban J connectivity index is 2.08. The maximum Gasteiger partial charge on any atom is 0.269 e. The van der Waals surface area contributed by atoms with Gasteiger partial charge < -0.3 is 19.9 Å². The van der Waals surface area contributed by atoms with Crippen molar-refractivity contribution in [1.82, 2.24) is 0 Å². The van der Waals surface area contributed by atoms with Gasteiger partial charge in [0.05, 0.1) is 25.2 Å². The first-order valence-corrected chi connectivity index (χ1v) is 7.35. The van der Waals surface area contributed by atoms with E-state index in [9.17, 15) is 15.2 Å². The van der Waals surface area contributed by atoms with E-state index in [0.29, 0.717) is 17.1 Å². The minimum atomic E-state index is -0.764. The number of methoxy groups -OCH3 is 2. The van der Waals surface area contributed by atoms with Gasteiger partial charge in [0.25, 0.3) is 5.69 Å². The SMILES string of the molecule is COc1ccc(C(O)CNc2ccc([N+](=O)[O-])cc2C)cc1OC. The number of ether oxygens (including phenoxy) is 2. The number of benzene rings is 2. The second-order valence-electron chi connectivity index (χ2n) is 5.27. The summed E-state index contributed by atoms with van der Waals surface area (Å²) in [5.41, 5.74) is 2.20. The molecule has 0 radical (unpaired) electrons. The summed E-state index contributed by atoms with van der Waals surface area (Å²) in [6, 6.07) is 9.76. The maximum atomic E-state index is 10.8. The molecular formula is C17H20N2O5. The van der Waals surface area contributed by atoms with Crippen LogP contribution in [0.3, 0.4) is 0 Å². The molecule has 0 aliphatic rings. The van der Waals surface area contributed by atoms with Crippen LogP contribution in [0.15, 0.2) is 36.4 Å². The Bertz CT molecular complexity index is 733. The van der Waals surface area contributed by atoms with Gasteiger partial charge in [0.2, 0.25) is 0 Å². The van der Waals surface area contributed by atoms with Crippen LogP contribution in [0.4, 0.5) is 11.4 Å². The first kappa shape index (κ1) is 17.6. The Morgan fingerprint density at radius 3 is 2.46 bits per heavy atom. The Labute approximate surface area is 140 Å². The van der Waals surface area contributed by atoms with Gasteiger partial charge in [0.15, 0.2) is 11.5 Å². The highest BCUT2D eigenvalue weighted by molar-refractivity contribution is 5.55. The fourth-order valence-electron chi connectivity index (χ4n) is 2.34. The third-order valence-electron chi connectivity index (χ3n) is 3.70. The van der Waals surface area contributed by atoms with Crippen LogP contribution < -0.4 is 14.8 Å². The molecule has 24 heavy (non-hydrogen) atoms. The van der Waals surface area contributed by atoms with E-state index in [0.717, 1.165) is 11.3 Å².